The number of carbonyl (C=O) groups excluding carboxylic acids is 1. The van der Waals surface area contributed by atoms with Crippen LogP contribution in [0.25, 0.3) is 16.7 Å². The Bertz CT molecular complexity index is 1080. The summed E-state index contributed by atoms with van der Waals surface area (Å²) in [5.41, 5.74) is 3.39. The molecule has 3 aromatic rings. The first-order valence-corrected chi connectivity index (χ1v) is 10.5. The lowest BCUT2D eigenvalue weighted by Crippen LogP contribution is -2.36. The molecule has 3 heterocycles. The number of hydrogen-bond acceptors (Lipinski definition) is 5. The van der Waals surface area contributed by atoms with E-state index in [9.17, 15) is 9.59 Å². The van der Waals surface area contributed by atoms with E-state index in [1.165, 1.54) is 24.4 Å². The second-order valence-electron chi connectivity index (χ2n) is 7.11. The summed E-state index contributed by atoms with van der Waals surface area (Å²) in [4.78, 5) is 34.2. The zero-order chi connectivity index (χ0) is 19.7. The van der Waals surface area contributed by atoms with Crippen molar-refractivity contribution in [2.75, 3.05) is 18.8 Å². The number of fused-ring (bicyclic) bond motifs is 1. The van der Waals surface area contributed by atoms with Crippen LogP contribution >= 0.6 is 11.8 Å². The third kappa shape index (κ3) is 3.56. The lowest BCUT2D eigenvalue weighted by atomic mass is 10.1. The average molecular weight is 398 g/mol. The molecule has 0 spiro atoms. The lowest BCUT2D eigenvalue weighted by molar-refractivity contribution is -0.129. The van der Waals surface area contributed by atoms with Crippen molar-refractivity contribution in [1.82, 2.24) is 24.6 Å². The Morgan fingerprint density at radius 3 is 2.79 bits per heavy atom. The number of aryl methyl sites for hydroxylation is 1. The number of nitrogens with zero attached hydrogens (tertiary/aromatic N) is 4. The molecule has 7 nitrogen and oxygen atoms in total. The number of nitrogens with one attached hydrogen (secondary N) is 1. The van der Waals surface area contributed by atoms with Crippen LogP contribution in [0, 0.1) is 13.8 Å². The van der Waals surface area contributed by atoms with Crippen LogP contribution in [0.4, 0.5) is 0 Å². The van der Waals surface area contributed by atoms with E-state index in [0.29, 0.717) is 16.2 Å². The number of rotatable bonds is 4. The van der Waals surface area contributed by atoms with Crippen molar-refractivity contribution in [3.63, 3.8) is 0 Å². The minimum absolute atomic E-state index is 0.0930. The Kier molecular flexibility index (Phi) is 5.21. The quantitative estimate of drug-likeness (QED) is 0.541. The Labute approximate surface area is 167 Å². The van der Waals surface area contributed by atoms with E-state index in [-0.39, 0.29) is 17.2 Å². The Morgan fingerprint density at radius 2 is 2.00 bits per heavy atom. The van der Waals surface area contributed by atoms with Gasteiger partial charge in [0.1, 0.15) is 5.39 Å². The first-order valence-electron chi connectivity index (χ1n) is 9.50. The molecular weight excluding hydrogens is 374 g/mol. The fourth-order valence-electron chi connectivity index (χ4n) is 3.47. The fourth-order valence-corrected chi connectivity index (χ4v) is 4.23. The molecule has 1 amide bonds. The van der Waals surface area contributed by atoms with Crippen molar-refractivity contribution in [2.24, 2.45) is 0 Å². The summed E-state index contributed by atoms with van der Waals surface area (Å²) in [5, 5.41) is 5.27. The van der Waals surface area contributed by atoms with E-state index in [4.69, 9.17) is 0 Å². The van der Waals surface area contributed by atoms with E-state index >= 15 is 0 Å². The van der Waals surface area contributed by atoms with Gasteiger partial charge in [0.2, 0.25) is 5.91 Å². The number of thioether (sulfide) groups is 1. The molecule has 1 N–H and O–H groups in total. The highest BCUT2D eigenvalue weighted by Gasteiger charge is 2.18. The molecule has 1 aliphatic heterocycles. The van der Waals surface area contributed by atoms with Crippen molar-refractivity contribution in [3.05, 3.63) is 45.9 Å². The topological polar surface area (TPSA) is 83.9 Å². The zero-order valence-corrected chi connectivity index (χ0v) is 16.9. The first-order chi connectivity index (χ1) is 13.5. The smallest absolute Gasteiger partial charge is 0.262 e. The molecule has 1 saturated heterocycles. The van der Waals surface area contributed by atoms with Crippen LogP contribution in [0.1, 0.15) is 30.4 Å². The molecule has 1 fully saturated rings. The normalized spacial score (nSPS) is 14.6. The largest absolute Gasteiger partial charge is 0.342 e. The van der Waals surface area contributed by atoms with Crippen LogP contribution in [0.15, 0.2) is 34.3 Å². The Hall–Kier alpha value is -2.61. The number of amides is 1. The van der Waals surface area contributed by atoms with Crippen LogP contribution in [0.5, 0.6) is 0 Å². The Balaban J connectivity index is 1.63. The first kappa shape index (κ1) is 18.7. The molecule has 2 aromatic heterocycles. The van der Waals surface area contributed by atoms with Gasteiger partial charge in [0.15, 0.2) is 10.8 Å². The number of aromatic amines is 1. The van der Waals surface area contributed by atoms with Gasteiger partial charge < -0.3 is 9.88 Å². The molecule has 1 aliphatic rings. The molecule has 0 saturated carbocycles. The van der Waals surface area contributed by atoms with Crippen LogP contribution in [0.2, 0.25) is 0 Å². The number of H-pyrrole nitrogens is 1. The highest BCUT2D eigenvalue weighted by Crippen LogP contribution is 2.22. The summed E-state index contributed by atoms with van der Waals surface area (Å²) < 4.78 is 1.70. The van der Waals surface area contributed by atoms with Gasteiger partial charge >= 0.3 is 0 Å². The number of aromatic nitrogens is 4. The second kappa shape index (κ2) is 7.79. The van der Waals surface area contributed by atoms with Crippen LogP contribution in [-0.4, -0.2) is 49.4 Å². The van der Waals surface area contributed by atoms with Crippen LogP contribution < -0.4 is 5.56 Å². The minimum atomic E-state index is -0.241. The van der Waals surface area contributed by atoms with Gasteiger partial charge in [-0.15, -0.1) is 0 Å². The lowest BCUT2D eigenvalue weighted by Gasteiger charge is -2.26. The predicted molar refractivity (Wildman–Crippen MR) is 110 cm³/mol. The summed E-state index contributed by atoms with van der Waals surface area (Å²) >= 11 is 1.27. The highest BCUT2D eigenvalue weighted by molar-refractivity contribution is 7.99. The van der Waals surface area contributed by atoms with Crippen molar-refractivity contribution in [2.45, 2.75) is 38.3 Å². The summed E-state index contributed by atoms with van der Waals surface area (Å²) in [6, 6.07) is 5.97. The highest BCUT2D eigenvalue weighted by atomic mass is 32.2. The molecule has 0 aliphatic carbocycles. The number of hydrogen-bond donors (Lipinski definition) is 1. The van der Waals surface area contributed by atoms with Crippen LogP contribution in [0.3, 0.4) is 0 Å². The van der Waals surface area contributed by atoms with Crippen molar-refractivity contribution >= 4 is 28.7 Å². The standard InChI is InChI=1S/C20H23N5O2S/c1-13-7-6-8-16(14(13)2)25-18-15(11-21-25)19(27)23-20(22-18)28-12-17(26)24-9-4-3-5-10-24/h6-8,11H,3-5,9-10,12H2,1-2H3,(H,22,23,27). The molecule has 8 heteroatoms. The summed E-state index contributed by atoms with van der Waals surface area (Å²) in [5.74, 6) is 0.363. The Morgan fingerprint density at radius 1 is 1.21 bits per heavy atom. The zero-order valence-electron chi connectivity index (χ0n) is 16.1. The molecule has 1 aromatic carbocycles. The van der Waals surface area contributed by atoms with E-state index in [1.807, 2.05) is 36.9 Å². The maximum absolute atomic E-state index is 12.5. The van der Waals surface area contributed by atoms with E-state index in [1.54, 1.807) is 4.68 Å². The van der Waals surface area contributed by atoms with Crippen LogP contribution in [-0.2, 0) is 4.79 Å². The third-order valence-corrected chi connectivity index (χ3v) is 6.12. The average Bonchev–Trinajstić information content (AvgIpc) is 3.13. The SMILES string of the molecule is Cc1cccc(-n2ncc3c(=O)[nH]c(SCC(=O)N4CCCCC4)nc32)c1C. The molecule has 0 radical (unpaired) electrons. The van der Waals surface area contributed by atoms with Gasteiger partial charge in [-0.1, -0.05) is 23.9 Å². The molecule has 4 rings (SSSR count). The molecular formula is C20H23N5O2S. The van der Waals surface area contributed by atoms with E-state index in [0.717, 1.165) is 42.7 Å². The third-order valence-electron chi connectivity index (χ3n) is 5.26. The molecule has 0 unspecified atom stereocenters. The summed E-state index contributed by atoms with van der Waals surface area (Å²) in [7, 11) is 0. The number of carbonyl (C=O) groups is 1. The monoisotopic (exact) mass is 397 g/mol. The van der Waals surface area contributed by atoms with Crippen molar-refractivity contribution < 1.29 is 4.79 Å². The maximum atomic E-state index is 12.5. The van der Waals surface area contributed by atoms with Gasteiger partial charge in [-0.05, 0) is 50.3 Å². The molecule has 0 bridgehead atoms. The van der Waals surface area contributed by atoms with Gasteiger partial charge in [0.25, 0.3) is 5.56 Å². The molecule has 146 valence electrons. The second-order valence-corrected chi connectivity index (χ2v) is 8.08. The summed E-state index contributed by atoms with van der Waals surface area (Å²) in [6.45, 7) is 5.71. The van der Waals surface area contributed by atoms with E-state index in [2.05, 4.69) is 15.1 Å². The number of likely N-dealkylation sites (tertiary alicyclic amines) is 1. The van der Waals surface area contributed by atoms with Gasteiger partial charge in [-0.25, -0.2) is 9.67 Å². The van der Waals surface area contributed by atoms with Gasteiger partial charge in [-0.2, -0.15) is 5.10 Å². The summed E-state index contributed by atoms with van der Waals surface area (Å²) in [6.07, 6.45) is 4.85. The minimum Gasteiger partial charge on any atom is -0.342 e. The predicted octanol–water partition coefficient (Wildman–Crippen LogP) is 2.83. The molecule has 0 atom stereocenters. The van der Waals surface area contributed by atoms with Gasteiger partial charge in [0, 0.05) is 13.1 Å². The number of piperidine rings is 1. The maximum Gasteiger partial charge on any atom is 0.262 e. The molecule has 28 heavy (non-hydrogen) atoms. The van der Waals surface area contributed by atoms with Crippen molar-refractivity contribution in [1.29, 1.82) is 0 Å². The number of benzene rings is 1. The van der Waals surface area contributed by atoms with Gasteiger partial charge in [0.05, 0.1) is 17.6 Å². The van der Waals surface area contributed by atoms with E-state index < -0.39 is 0 Å². The van der Waals surface area contributed by atoms with Crippen molar-refractivity contribution in [3.8, 4) is 5.69 Å². The fraction of sp³-hybridized carbons (Fsp3) is 0.400. The van der Waals surface area contributed by atoms with Gasteiger partial charge in [-0.3, -0.25) is 9.59 Å².